The quantitative estimate of drug-likeness (QED) is 0.864. The average Bonchev–Trinajstić information content (AvgIpc) is 2.26. The molecule has 0 spiro atoms. The highest BCUT2D eigenvalue weighted by Gasteiger charge is 2.26. The molecule has 0 aromatic heterocycles. The molecule has 3 heteroatoms. The Morgan fingerprint density at radius 2 is 2.06 bits per heavy atom. The molecule has 0 bridgehead atoms. The van der Waals surface area contributed by atoms with Crippen LogP contribution in [0.3, 0.4) is 0 Å². The van der Waals surface area contributed by atoms with E-state index in [9.17, 15) is 0 Å². The molecule has 0 radical (unpaired) electrons. The van der Waals surface area contributed by atoms with E-state index < -0.39 is 0 Å². The van der Waals surface area contributed by atoms with Gasteiger partial charge in [-0.3, -0.25) is 0 Å². The standard InChI is InChI=1S/C15H25BrN2/c1-12(17-4)15(2,3)11-18(5)10-13-7-6-8-14(16)9-13/h6-9,12,17H,10-11H2,1-5H3. The van der Waals surface area contributed by atoms with Crippen LogP contribution in [0.5, 0.6) is 0 Å². The number of halogens is 1. The lowest BCUT2D eigenvalue weighted by atomic mass is 9.85. The van der Waals surface area contributed by atoms with Crippen LogP contribution in [0.15, 0.2) is 28.7 Å². The highest BCUT2D eigenvalue weighted by Crippen LogP contribution is 2.22. The van der Waals surface area contributed by atoms with Crippen LogP contribution in [0.4, 0.5) is 0 Å². The Labute approximate surface area is 120 Å². The normalized spacial score (nSPS) is 13.9. The van der Waals surface area contributed by atoms with Gasteiger partial charge in [0.25, 0.3) is 0 Å². The summed E-state index contributed by atoms with van der Waals surface area (Å²) in [4.78, 5) is 2.38. The minimum atomic E-state index is 0.259. The van der Waals surface area contributed by atoms with Gasteiger partial charge in [-0.2, -0.15) is 0 Å². The number of nitrogens with zero attached hydrogens (tertiary/aromatic N) is 1. The molecule has 0 saturated heterocycles. The topological polar surface area (TPSA) is 15.3 Å². The van der Waals surface area contributed by atoms with Crippen LogP contribution in [0.1, 0.15) is 26.3 Å². The third kappa shape index (κ3) is 4.71. The number of hydrogen-bond acceptors (Lipinski definition) is 2. The van der Waals surface area contributed by atoms with Gasteiger partial charge < -0.3 is 10.2 Å². The Hall–Kier alpha value is -0.380. The van der Waals surface area contributed by atoms with E-state index in [-0.39, 0.29) is 5.41 Å². The number of hydrogen-bond donors (Lipinski definition) is 1. The summed E-state index contributed by atoms with van der Waals surface area (Å²) in [5.74, 6) is 0. The van der Waals surface area contributed by atoms with E-state index in [4.69, 9.17) is 0 Å². The first kappa shape index (κ1) is 15.7. The van der Waals surface area contributed by atoms with Crippen molar-refractivity contribution in [2.45, 2.75) is 33.4 Å². The zero-order valence-electron chi connectivity index (χ0n) is 12.1. The fourth-order valence-electron chi connectivity index (χ4n) is 2.23. The molecule has 18 heavy (non-hydrogen) atoms. The van der Waals surface area contributed by atoms with Gasteiger partial charge in [0, 0.05) is 23.6 Å². The first-order valence-electron chi connectivity index (χ1n) is 6.45. The fourth-order valence-corrected chi connectivity index (χ4v) is 2.67. The van der Waals surface area contributed by atoms with Gasteiger partial charge >= 0.3 is 0 Å². The molecular weight excluding hydrogens is 288 g/mol. The Bertz CT molecular complexity index is 377. The third-order valence-electron chi connectivity index (χ3n) is 3.62. The predicted molar refractivity (Wildman–Crippen MR) is 82.8 cm³/mol. The van der Waals surface area contributed by atoms with Crippen LogP contribution in [-0.4, -0.2) is 31.6 Å². The molecule has 0 saturated carbocycles. The summed E-state index contributed by atoms with van der Waals surface area (Å²) in [6.45, 7) is 8.92. The van der Waals surface area contributed by atoms with Gasteiger partial charge in [-0.25, -0.2) is 0 Å². The molecule has 1 N–H and O–H groups in total. The van der Waals surface area contributed by atoms with Crippen molar-refractivity contribution in [3.05, 3.63) is 34.3 Å². The van der Waals surface area contributed by atoms with Gasteiger partial charge in [-0.15, -0.1) is 0 Å². The second-order valence-electron chi connectivity index (χ2n) is 5.80. The average molecular weight is 313 g/mol. The Balaban J connectivity index is 2.59. The lowest BCUT2D eigenvalue weighted by Gasteiger charge is -2.35. The summed E-state index contributed by atoms with van der Waals surface area (Å²) in [7, 11) is 4.21. The monoisotopic (exact) mass is 312 g/mol. The van der Waals surface area contributed by atoms with Gasteiger partial charge in [0.1, 0.15) is 0 Å². The van der Waals surface area contributed by atoms with Crippen LogP contribution in [-0.2, 0) is 6.54 Å². The smallest absolute Gasteiger partial charge is 0.0231 e. The second kappa shape index (κ2) is 6.69. The highest BCUT2D eigenvalue weighted by atomic mass is 79.9. The number of rotatable bonds is 6. The Morgan fingerprint density at radius 1 is 1.39 bits per heavy atom. The molecule has 1 atom stereocenters. The van der Waals surface area contributed by atoms with E-state index in [1.54, 1.807) is 0 Å². The maximum absolute atomic E-state index is 3.52. The molecule has 0 aliphatic heterocycles. The van der Waals surface area contributed by atoms with Crippen molar-refractivity contribution in [2.75, 3.05) is 20.6 Å². The molecule has 0 aliphatic carbocycles. The fraction of sp³-hybridized carbons (Fsp3) is 0.600. The lowest BCUT2D eigenvalue weighted by Crippen LogP contribution is -2.44. The summed E-state index contributed by atoms with van der Waals surface area (Å²) < 4.78 is 1.15. The molecule has 0 amide bonds. The van der Waals surface area contributed by atoms with Crippen molar-refractivity contribution in [2.24, 2.45) is 5.41 Å². The van der Waals surface area contributed by atoms with E-state index in [1.807, 2.05) is 7.05 Å². The summed E-state index contributed by atoms with van der Waals surface area (Å²) in [5, 5.41) is 3.35. The van der Waals surface area contributed by atoms with E-state index in [0.717, 1.165) is 17.6 Å². The van der Waals surface area contributed by atoms with Gasteiger partial charge in [0.15, 0.2) is 0 Å². The van der Waals surface area contributed by atoms with Crippen molar-refractivity contribution in [3.8, 4) is 0 Å². The molecule has 0 fully saturated rings. The summed E-state index contributed by atoms with van der Waals surface area (Å²) >= 11 is 3.52. The van der Waals surface area contributed by atoms with Crippen LogP contribution in [0.25, 0.3) is 0 Å². The Morgan fingerprint density at radius 3 is 2.61 bits per heavy atom. The van der Waals surface area contributed by atoms with Gasteiger partial charge in [-0.1, -0.05) is 41.9 Å². The van der Waals surface area contributed by atoms with Crippen molar-refractivity contribution in [1.82, 2.24) is 10.2 Å². The molecular formula is C15H25BrN2. The zero-order valence-corrected chi connectivity index (χ0v) is 13.7. The predicted octanol–water partition coefficient (Wildman–Crippen LogP) is 3.52. The molecule has 0 heterocycles. The summed E-state index contributed by atoms with van der Waals surface area (Å²) in [6.07, 6.45) is 0. The van der Waals surface area contributed by atoms with Crippen LogP contribution in [0.2, 0.25) is 0 Å². The van der Waals surface area contributed by atoms with E-state index >= 15 is 0 Å². The van der Waals surface area contributed by atoms with Crippen LogP contribution >= 0.6 is 15.9 Å². The van der Waals surface area contributed by atoms with Crippen molar-refractivity contribution < 1.29 is 0 Å². The maximum Gasteiger partial charge on any atom is 0.0231 e. The van der Waals surface area contributed by atoms with Gasteiger partial charge in [-0.05, 0) is 44.1 Å². The molecule has 0 aliphatic rings. The lowest BCUT2D eigenvalue weighted by molar-refractivity contribution is 0.164. The summed E-state index contributed by atoms with van der Waals surface area (Å²) in [5.41, 5.74) is 1.61. The second-order valence-corrected chi connectivity index (χ2v) is 6.72. The van der Waals surface area contributed by atoms with Crippen LogP contribution in [0, 0.1) is 5.41 Å². The summed E-state index contributed by atoms with van der Waals surface area (Å²) in [6, 6.07) is 9.02. The van der Waals surface area contributed by atoms with Gasteiger partial charge in [0.05, 0.1) is 0 Å². The van der Waals surface area contributed by atoms with Crippen molar-refractivity contribution in [1.29, 1.82) is 0 Å². The third-order valence-corrected chi connectivity index (χ3v) is 4.12. The number of benzene rings is 1. The van der Waals surface area contributed by atoms with Crippen molar-refractivity contribution in [3.63, 3.8) is 0 Å². The maximum atomic E-state index is 3.52. The first-order valence-corrected chi connectivity index (χ1v) is 7.24. The molecule has 1 rings (SSSR count). The van der Waals surface area contributed by atoms with E-state index in [0.29, 0.717) is 6.04 Å². The van der Waals surface area contributed by atoms with E-state index in [1.165, 1.54) is 5.56 Å². The highest BCUT2D eigenvalue weighted by molar-refractivity contribution is 9.10. The minimum absolute atomic E-state index is 0.259. The van der Waals surface area contributed by atoms with Crippen LogP contribution < -0.4 is 5.32 Å². The van der Waals surface area contributed by atoms with E-state index in [2.05, 4.69) is 78.2 Å². The molecule has 1 unspecified atom stereocenters. The molecule has 1 aromatic rings. The molecule has 1 aromatic carbocycles. The largest absolute Gasteiger partial charge is 0.317 e. The number of nitrogens with one attached hydrogen (secondary N) is 1. The zero-order chi connectivity index (χ0) is 13.8. The first-order chi connectivity index (χ1) is 8.35. The SMILES string of the molecule is CNC(C)C(C)(C)CN(C)Cc1cccc(Br)c1. The van der Waals surface area contributed by atoms with Gasteiger partial charge in [0.2, 0.25) is 0 Å². The molecule has 102 valence electrons. The minimum Gasteiger partial charge on any atom is -0.317 e. The Kier molecular flexibility index (Phi) is 5.83. The van der Waals surface area contributed by atoms with Crippen molar-refractivity contribution >= 4 is 15.9 Å². The molecule has 2 nitrogen and oxygen atoms in total.